The first-order valence-corrected chi connectivity index (χ1v) is 5.14. The van der Waals surface area contributed by atoms with E-state index in [0.29, 0.717) is 13.0 Å². The molecule has 0 aromatic rings. The summed E-state index contributed by atoms with van der Waals surface area (Å²) in [5.41, 5.74) is 6.91. The van der Waals surface area contributed by atoms with Gasteiger partial charge in [-0.15, -0.1) is 0 Å². The van der Waals surface area contributed by atoms with Gasteiger partial charge in [0.1, 0.15) is 6.54 Å². The number of carbonyl (C=O) groups is 3. The van der Waals surface area contributed by atoms with E-state index in [1.165, 1.54) is 0 Å². The summed E-state index contributed by atoms with van der Waals surface area (Å²) in [7, 11) is 0. The van der Waals surface area contributed by atoms with E-state index >= 15 is 0 Å². The second kappa shape index (κ2) is 8.34. The summed E-state index contributed by atoms with van der Waals surface area (Å²) in [5.74, 6) is -1.85. The van der Waals surface area contributed by atoms with Gasteiger partial charge in [0.2, 0.25) is 5.91 Å². The van der Waals surface area contributed by atoms with Crippen LogP contribution in [0.4, 0.5) is 4.79 Å². The Hall–Kier alpha value is -1.83. The number of hydrogen-bond donors (Lipinski definition) is 3. The fourth-order valence-corrected chi connectivity index (χ4v) is 1.01. The van der Waals surface area contributed by atoms with Crippen molar-refractivity contribution in [2.75, 3.05) is 19.7 Å². The van der Waals surface area contributed by atoms with Gasteiger partial charge in [0, 0.05) is 6.54 Å². The predicted molar refractivity (Wildman–Crippen MR) is 57.8 cm³/mol. The van der Waals surface area contributed by atoms with Crippen molar-refractivity contribution in [3.63, 3.8) is 0 Å². The number of carbonyl (C=O) groups excluding carboxylic acids is 2. The lowest BCUT2D eigenvalue weighted by Gasteiger charge is -2.20. The van der Waals surface area contributed by atoms with E-state index in [2.05, 4.69) is 4.84 Å². The van der Waals surface area contributed by atoms with Crippen LogP contribution in [-0.2, 0) is 14.4 Å². The fraction of sp³-hybridized carbons (Fsp3) is 0.667. The number of rotatable bonds is 8. The van der Waals surface area contributed by atoms with Crippen molar-refractivity contribution in [2.24, 2.45) is 5.73 Å². The van der Waals surface area contributed by atoms with Crippen molar-refractivity contribution >= 4 is 17.9 Å². The van der Waals surface area contributed by atoms with Crippen molar-refractivity contribution in [3.05, 3.63) is 0 Å². The molecule has 0 aliphatic carbocycles. The minimum Gasteiger partial charge on any atom is -0.479 e. The van der Waals surface area contributed by atoms with Gasteiger partial charge in [-0.2, -0.15) is 0 Å². The highest BCUT2D eigenvalue weighted by Gasteiger charge is 2.15. The standard InChI is InChI=1S/C9H17N3O5/c1-2-3-4-12(5-7(10)13)9(16)11-17-6-8(14)15/h2-6H2,1H3,(H2,10,13)(H,11,16)(H,14,15). The number of nitrogens with zero attached hydrogens (tertiary/aromatic N) is 1. The monoisotopic (exact) mass is 247 g/mol. The van der Waals surface area contributed by atoms with E-state index in [0.717, 1.165) is 11.3 Å². The molecule has 17 heavy (non-hydrogen) atoms. The molecule has 0 rings (SSSR count). The van der Waals surface area contributed by atoms with Crippen LogP contribution in [0, 0.1) is 0 Å². The van der Waals surface area contributed by atoms with Crippen LogP contribution in [0.1, 0.15) is 19.8 Å². The third-order valence-electron chi connectivity index (χ3n) is 1.77. The molecule has 8 nitrogen and oxygen atoms in total. The summed E-state index contributed by atoms with van der Waals surface area (Å²) < 4.78 is 0. The third kappa shape index (κ3) is 8.03. The third-order valence-corrected chi connectivity index (χ3v) is 1.77. The van der Waals surface area contributed by atoms with E-state index in [9.17, 15) is 14.4 Å². The molecule has 0 aliphatic heterocycles. The van der Waals surface area contributed by atoms with Crippen molar-refractivity contribution in [2.45, 2.75) is 19.8 Å². The minimum atomic E-state index is -1.21. The second-order valence-corrected chi connectivity index (χ2v) is 3.33. The summed E-state index contributed by atoms with van der Waals surface area (Å²) in [5, 5.41) is 8.29. The Morgan fingerprint density at radius 2 is 2.06 bits per heavy atom. The van der Waals surface area contributed by atoms with Crippen LogP contribution in [-0.4, -0.2) is 47.6 Å². The molecule has 0 aromatic carbocycles. The average molecular weight is 247 g/mol. The minimum absolute atomic E-state index is 0.234. The Morgan fingerprint density at radius 1 is 1.41 bits per heavy atom. The molecule has 98 valence electrons. The molecule has 0 bridgehead atoms. The summed E-state index contributed by atoms with van der Waals surface area (Å²) >= 11 is 0. The maximum absolute atomic E-state index is 11.5. The maximum atomic E-state index is 11.5. The lowest BCUT2D eigenvalue weighted by atomic mass is 10.3. The number of amides is 3. The van der Waals surface area contributed by atoms with Gasteiger partial charge in [-0.3, -0.25) is 9.63 Å². The highest BCUT2D eigenvalue weighted by Crippen LogP contribution is 1.95. The van der Waals surface area contributed by atoms with E-state index in [4.69, 9.17) is 10.8 Å². The first-order chi connectivity index (χ1) is 7.97. The molecule has 0 aromatic heterocycles. The molecule has 0 heterocycles. The van der Waals surface area contributed by atoms with Crippen molar-refractivity contribution in [1.29, 1.82) is 0 Å². The van der Waals surface area contributed by atoms with Gasteiger partial charge in [0.15, 0.2) is 6.61 Å². The average Bonchev–Trinajstić information content (AvgIpc) is 2.22. The zero-order valence-corrected chi connectivity index (χ0v) is 9.64. The topological polar surface area (TPSA) is 122 Å². The van der Waals surface area contributed by atoms with E-state index in [1.807, 2.05) is 12.4 Å². The number of carboxylic acids is 1. The molecule has 0 aliphatic rings. The van der Waals surface area contributed by atoms with Gasteiger partial charge < -0.3 is 15.7 Å². The van der Waals surface area contributed by atoms with E-state index in [-0.39, 0.29) is 6.54 Å². The number of primary amides is 1. The normalized spacial score (nSPS) is 9.71. The zero-order valence-electron chi connectivity index (χ0n) is 9.64. The van der Waals surface area contributed by atoms with Gasteiger partial charge in [0.05, 0.1) is 0 Å². The Labute approximate surface area is 98.7 Å². The lowest BCUT2D eigenvalue weighted by molar-refractivity contribution is -0.144. The highest BCUT2D eigenvalue weighted by molar-refractivity contribution is 5.82. The van der Waals surface area contributed by atoms with Crippen LogP contribution in [0.5, 0.6) is 0 Å². The maximum Gasteiger partial charge on any atom is 0.341 e. The largest absolute Gasteiger partial charge is 0.479 e. The molecule has 0 radical (unpaired) electrons. The molecule has 0 unspecified atom stereocenters. The first kappa shape index (κ1) is 15.2. The van der Waals surface area contributed by atoms with Gasteiger partial charge >= 0.3 is 12.0 Å². The number of urea groups is 1. The summed E-state index contributed by atoms with van der Waals surface area (Å²) in [6, 6.07) is -0.682. The Balaban J connectivity index is 4.11. The molecule has 0 atom stereocenters. The summed E-state index contributed by atoms with van der Waals surface area (Å²) in [6.07, 6.45) is 1.55. The highest BCUT2D eigenvalue weighted by atomic mass is 16.7. The number of hydroxylamine groups is 1. The van der Waals surface area contributed by atoms with Crippen LogP contribution >= 0.6 is 0 Å². The first-order valence-electron chi connectivity index (χ1n) is 5.14. The predicted octanol–water partition coefficient (Wildman–Crippen LogP) is -0.700. The molecule has 0 saturated heterocycles. The van der Waals surface area contributed by atoms with Crippen LogP contribution in [0.15, 0.2) is 0 Å². The molecular weight excluding hydrogens is 230 g/mol. The molecular formula is C9H17N3O5. The Bertz CT molecular complexity index is 282. The van der Waals surface area contributed by atoms with E-state index < -0.39 is 24.5 Å². The number of hydrogen-bond acceptors (Lipinski definition) is 4. The molecule has 3 amide bonds. The van der Waals surface area contributed by atoms with Gasteiger partial charge in [0.25, 0.3) is 0 Å². The lowest BCUT2D eigenvalue weighted by Crippen LogP contribution is -2.45. The van der Waals surface area contributed by atoms with Crippen LogP contribution in [0.3, 0.4) is 0 Å². The molecule has 4 N–H and O–H groups in total. The number of aliphatic carboxylic acids is 1. The summed E-state index contributed by atoms with van der Waals surface area (Å²) in [4.78, 5) is 37.9. The van der Waals surface area contributed by atoms with E-state index in [1.54, 1.807) is 0 Å². The van der Waals surface area contributed by atoms with Crippen LogP contribution < -0.4 is 11.2 Å². The quantitative estimate of drug-likeness (QED) is 0.489. The molecule has 8 heteroatoms. The fourth-order valence-electron chi connectivity index (χ4n) is 1.01. The zero-order chi connectivity index (χ0) is 13.3. The molecule has 0 fully saturated rings. The number of nitrogens with one attached hydrogen (secondary N) is 1. The van der Waals surface area contributed by atoms with Crippen molar-refractivity contribution in [1.82, 2.24) is 10.4 Å². The summed E-state index contributed by atoms with van der Waals surface area (Å²) in [6.45, 7) is 1.40. The van der Waals surface area contributed by atoms with Gasteiger partial charge in [-0.25, -0.2) is 15.1 Å². The van der Waals surface area contributed by atoms with Crippen LogP contribution in [0.25, 0.3) is 0 Å². The van der Waals surface area contributed by atoms with Gasteiger partial charge in [-0.1, -0.05) is 13.3 Å². The molecule has 0 spiro atoms. The van der Waals surface area contributed by atoms with Crippen molar-refractivity contribution in [3.8, 4) is 0 Å². The van der Waals surface area contributed by atoms with Gasteiger partial charge in [-0.05, 0) is 6.42 Å². The number of unbranched alkanes of at least 4 members (excludes halogenated alkanes) is 1. The number of carboxylic acid groups (broad SMARTS) is 1. The number of nitrogens with two attached hydrogens (primary N) is 1. The second-order valence-electron chi connectivity index (χ2n) is 3.33. The smallest absolute Gasteiger partial charge is 0.341 e. The SMILES string of the molecule is CCCCN(CC(N)=O)C(=O)NOCC(=O)O. The van der Waals surface area contributed by atoms with Crippen molar-refractivity contribution < 1.29 is 24.3 Å². The Kier molecular flexibility index (Phi) is 7.44. The van der Waals surface area contributed by atoms with Crippen LogP contribution in [0.2, 0.25) is 0 Å². The molecule has 0 saturated carbocycles. The Morgan fingerprint density at radius 3 is 2.53 bits per heavy atom.